The molecule has 12 heteroatoms. The van der Waals surface area contributed by atoms with Gasteiger partial charge < -0.3 is 36.8 Å². The van der Waals surface area contributed by atoms with Crippen LogP contribution in [0.2, 0.25) is 6.04 Å². The summed E-state index contributed by atoms with van der Waals surface area (Å²) in [6.07, 6.45) is 1.76. The van der Waals surface area contributed by atoms with Crippen molar-refractivity contribution in [1.29, 1.82) is 0 Å². The third kappa shape index (κ3) is 7.26. The van der Waals surface area contributed by atoms with Crippen molar-refractivity contribution in [2.75, 3.05) is 111 Å². The van der Waals surface area contributed by atoms with Crippen molar-refractivity contribution in [3.05, 3.63) is 0 Å². The Morgan fingerprint density at radius 3 is 1.94 bits per heavy atom. The number of hydrogen-bond donors (Lipinski definition) is 1. The Hall–Kier alpha value is 0.0338. The smallest absolute Gasteiger partial charge is 0.373 e. The normalized spacial score (nSPS) is 33.1. The van der Waals surface area contributed by atoms with Gasteiger partial charge in [-0.2, -0.15) is 0 Å². The lowest BCUT2D eigenvalue weighted by molar-refractivity contribution is -0.0103. The molecular formula is C20H42N4O6Si2. The number of fused-ring (bicyclic) bond motifs is 6. The van der Waals surface area contributed by atoms with Gasteiger partial charge in [-0.05, 0) is 6.42 Å². The molecule has 0 spiro atoms. The largest absolute Gasteiger partial charge is 0.515 e. The maximum Gasteiger partial charge on any atom is 0.515 e. The molecule has 1 N–H and O–H groups in total. The van der Waals surface area contributed by atoms with Crippen molar-refractivity contribution in [2.24, 2.45) is 0 Å². The van der Waals surface area contributed by atoms with Crippen LogP contribution in [0.3, 0.4) is 0 Å². The van der Waals surface area contributed by atoms with Gasteiger partial charge in [0.2, 0.25) is 0 Å². The van der Waals surface area contributed by atoms with Crippen LogP contribution >= 0.6 is 0 Å². The van der Waals surface area contributed by atoms with E-state index in [4.69, 9.17) is 26.6 Å². The Morgan fingerprint density at radius 2 is 1.34 bits per heavy atom. The summed E-state index contributed by atoms with van der Waals surface area (Å²) in [4.78, 5) is 7.34. The SMILES string of the molecule is CCCO[Si]1(CN2CCN(CC[Si]34OCCN(CCO3)CCO4)CC2)OCCNCCO1. The summed E-state index contributed by atoms with van der Waals surface area (Å²) in [7, 11) is -5.20. The van der Waals surface area contributed by atoms with Crippen molar-refractivity contribution < 1.29 is 26.6 Å². The zero-order valence-electron chi connectivity index (χ0n) is 19.7. The monoisotopic (exact) mass is 490 g/mol. The highest BCUT2D eigenvalue weighted by Gasteiger charge is 2.46. The molecule has 5 saturated heterocycles. The maximum absolute atomic E-state index is 6.24. The number of rotatable bonds is 8. The maximum atomic E-state index is 6.24. The fourth-order valence-corrected chi connectivity index (χ4v) is 9.82. The van der Waals surface area contributed by atoms with Crippen LogP contribution in [0.15, 0.2) is 0 Å². The lowest BCUT2D eigenvalue weighted by atomic mass is 10.3. The second kappa shape index (κ2) is 12.7. The number of nitrogens with zero attached hydrogens (tertiary/aromatic N) is 3. The summed E-state index contributed by atoms with van der Waals surface area (Å²) < 4.78 is 37.3. The molecule has 5 aliphatic heterocycles. The summed E-state index contributed by atoms with van der Waals surface area (Å²) in [5.74, 6) is 0. The molecule has 0 atom stereocenters. The second-order valence-electron chi connectivity index (χ2n) is 8.92. The van der Waals surface area contributed by atoms with Crippen LogP contribution in [0.25, 0.3) is 0 Å². The first-order chi connectivity index (χ1) is 15.7. The van der Waals surface area contributed by atoms with Crippen molar-refractivity contribution in [3.63, 3.8) is 0 Å². The van der Waals surface area contributed by atoms with E-state index in [1.54, 1.807) is 0 Å². The van der Waals surface area contributed by atoms with E-state index in [0.717, 1.165) is 104 Å². The van der Waals surface area contributed by atoms with Crippen LogP contribution < -0.4 is 5.32 Å². The van der Waals surface area contributed by atoms with Gasteiger partial charge in [0, 0.05) is 78.1 Å². The molecule has 5 heterocycles. The van der Waals surface area contributed by atoms with Crippen molar-refractivity contribution in [1.82, 2.24) is 20.0 Å². The fraction of sp³-hybridized carbons (Fsp3) is 1.00. The van der Waals surface area contributed by atoms with Gasteiger partial charge in [0.15, 0.2) is 0 Å². The predicted molar refractivity (Wildman–Crippen MR) is 125 cm³/mol. The summed E-state index contributed by atoms with van der Waals surface area (Å²) in [6, 6.07) is 0.879. The van der Waals surface area contributed by atoms with Gasteiger partial charge in [-0.3, -0.25) is 9.80 Å². The first kappa shape index (κ1) is 25.1. The van der Waals surface area contributed by atoms with E-state index in [9.17, 15) is 0 Å². The Kier molecular flexibility index (Phi) is 9.94. The molecule has 0 amide bonds. The molecule has 0 unspecified atom stereocenters. The zero-order valence-corrected chi connectivity index (χ0v) is 21.7. The molecule has 32 heavy (non-hydrogen) atoms. The molecule has 0 radical (unpaired) electrons. The third-order valence-electron chi connectivity index (χ3n) is 6.53. The van der Waals surface area contributed by atoms with Gasteiger partial charge in [0.05, 0.1) is 39.2 Å². The van der Waals surface area contributed by atoms with E-state index >= 15 is 0 Å². The fourth-order valence-electron chi connectivity index (χ4n) is 4.61. The van der Waals surface area contributed by atoms with Crippen LogP contribution in [0.5, 0.6) is 0 Å². The van der Waals surface area contributed by atoms with Gasteiger partial charge in [-0.15, -0.1) is 0 Å². The van der Waals surface area contributed by atoms with Crippen LogP contribution in [-0.2, 0) is 26.6 Å². The lowest BCUT2D eigenvalue weighted by Gasteiger charge is -2.41. The highest BCUT2D eigenvalue weighted by molar-refractivity contribution is 6.61. The Morgan fingerprint density at radius 1 is 0.750 bits per heavy atom. The van der Waals surface area contributed by atoms with Crippen molar-refractivity contribution in [2.45, 2.75) is 19.4 Å². The van der Waals surface area contributed by atoms with E-state index in [-0.39, 0.29) is 0 Å². The minimum atomic E-state index is -2.66. The van der Waals surface area contributed by atoms with Crippen molar-refractivity contribution in [3.8, 4) is 0 Å². The summed E-state index contributed by atoms with van der Waals surface area (Å²) >= 11 is 0. The van der Waals surface area contributed by atoms with Crippen LogP contribution in [-0.4, -0.2) is 144 Å². The molecule has 186 valence electrons. The molecule has 0 aromatic carbocycles. The topological polar surface area (TPSA) is 77.1 Å². The highest BCUT2D eigenvalue weighted by atomic mass is 28.4. The highest BCUT2D eigenvalue weighted by Crippen LogP contribution is 2.22. The van der Waals surface area contributed by atoms with Gasteiger partial charge in [0.1, 0.15) is 0 Å². The number of piperazine rings is 1. The van der Waals surface area contributed by atoms with Crippen LogP contribution in [0, 0.1) is 0 Å². The second-order valence-corrected chi connectivity index (χ2v) is 14.2. The van der Waals surface area contributed by atoms with Gasteiger partial charge >= 0.3 is 17.6 Å². The quantitative estimate of drug-likeness (QED) is 0.449. The first-order valence-corrected chi connectivity index (χ1v) is 16.3. The molecule has 2 bridgehead atoms. The number of nitrogens with one attached hydrogen (secondary N) is 1. The van der Waals surface area contributed by atoms with Gasteiger partial charge in [-0.1, -0.05) is 6.92 Å². The van der Waals surface area contributed by atoms with Gasteiger partial charge in [-0.25, -0.2) is 0 Å². The molecule has 10 nitrogen and oxygen atoms in total. The molecule has 0 aliphatic carbocycles. The third-order valence-corrected chi connectivity index (χ3v) is 12.1. The molecule has 0 saturated carbocycles. The van der Waals surface area contributed by atoms with Gasteiger partial charge in [0.25, 0.3) is 0 Å². The summed E-state index contributed by atoms with van der Waals surface area (Å²) in [5.41, 5.74) is 0. The summed E-state index contributed by atoms with van der Waals surface area (Å²) in [5, 5.41) is 3.32. The van der Waals surface area contributed by atoms with Crippen molar-refractivity contribution >= 4 is 17.6 Å². The minimum Gasteiger partial charge on any atom is -0.373 e. The summed E-state index contributed by atoms with van der Waals surface area (Å²) in [6.45, 7) is 16.0. The molecule has 5 fully saturated rings. The Labute approximate surface area is 195 Å². The molecule has 0 aromatic rings. The average molecular weight is 491 g/mol. The van der Waals surface area contributed by atoms with E-state index in [0.29, 0.717) is 19.8 Å². The Balaban J connectivity index is 1.24. The molecule has 5 aliphatic rings. The standard InChI is InChI=1S/C20H42N4O6Si2/c1-2-13-25-32(26-14-3-21-4-15-27-32)20-24-7-5-22(6-8-24)12-19-31-28-16-9-23(10-17-29-31)11-18-30-31/h21H,2-20H2,1H3. The molecule has 0 aromatic heterocycles. The molecule has 5 rings (SSSR count). The predicted octanol–water partition coefficient (Wildman–Crippen LogP) is -0.537. The average Bonchev–Trinajstić information content (AvgIpc) is 2.74. The van der Waals surface area contributed by atoms with E-state index < -0.39 is 17.6 Å². The number of hydrogen-bond acceptors (Lipinski definition) is 10. The lowest BCUT2D eigenvalue weighted by Crippen LogP contribution is -2.61. The van der Waals surface area contributed by atoms with E-state index in [1.807, 2.05) is 0 Å². The Bertz CT molecular complexity index is 518. The first-order valence-electron chi connectivity index (χ1n) is 12.4. The molecular weight excluding hydrogens is 448 g/mol. The van der Waals surface area contributed by atoms with E-state index in [2.05, 4.69) is 26.9 Å². The van der Waals surface area contributed by atoms with Crippen LogP contribution in [0.4, 0.5) is 0 Å². The zero-order chi connectivity index (χ0) is 22.1. The van der Waals surface area contributed by atoms with E-state index in [1.165, 1.54) is 0 Å². The minimum absolute atomic E-state index is 0.653. The van der Waals surface area contributed by atoms with Crippen LogP contribution in [0.1, 0.15) is 13.3 Å².